The third kappa shape index (κ3) is 7.06. The molecule has 3 N–H and O–H groups in total. The number of rotatable bonds is 7. The number of aliphatic hydroxyl groups excluding tert-OH is 1. The van der Waals surface area contributed by atoms with Gasteiger partial charge in [0.25, 0.3) is 10.0 Å². The van der Waals surface area contributed by atoms with Gasteiger partial charge in [0, 0.05) is 41.3 Å². The Kier molecular flexibility index (Phi) is 9.27. The molecule has 1 unspecified atom stereocenters. The highest BCUT2D eigenvalue weighted by atomic mass is 35.5. The minimum Gasteiger partial charge on any atom is -0.444 e. The average molecular weight is 696 g/mol. The van der Waals surface area contributed by atoms with Gasteiger partial charge >= 0.3 is 6.09 Å². The Bertz CT molecular complexity index is 1990. The summed E-state index contributed by atoms with van der Waals surface area (Å²) in [5.41, 5.74) is 2.76. The summed E-state index contributed by atoms with van der Waals surface area (Å²) < 4.78 is 51.0. The topological polar surface area (TPSA) is 134 Å². The predicted octanol–water partition coefficient (Wildman–Crippen LogP) is 7.24. The van der Waals surface area contributed by atoms with Crippen molar-refractivity contribution < 1.29 is 27.4 Å². The highest BCUT2D eigenvalue weighted by molar-refractivity contribution is 7.92. The van der Waals surface area contributed by atoms with Crippen LogP contribution in [0.1, 0.15) is 69.8 Å². The summed E-state index contributed by atoms with van der Waals surface area (Å²) in [7, 11) is -4.12. The van der Waals surface area contributed by atoms with Crippen molar-refractivity contribution in [2.45, 2.75) is 82.4 Å². The summed E-state index contributed by atoms with van der Waals surface area (Å²) in [5, 5.41) is 14.6. The molecule has 1 aliphatic heterocycles. The highest BCUT2D eigenvalue weighted by Gasteiger charge is 2.30. The second kappa shape index (κ2) is 13.1. The zero-order valence-corrected chi connectivity index (χ0v) is 28.9. The number of aromatic nitrogens is 2. The van der Waals surface area contributed by atoms with Gasteiger partial charge < -0.3 is 20.1 Å². The number of carbonyl (C=O) groups is 1. The largest absolute Gasteiger partial charge is 0.444 e. The van der Waals surface area contributed by atoms with Crippen LogP contribution >= 0.6 is 11.6 Å². The van der Waals surface area contributed by atoms with Crippen LogP contribution in [0.15, 0.2) is 53.6 Å². The first kappa shape index (κ1) is 33.9. The first-order valence-corrected chi connectivity index (χ1v) is 17.9. The Labute approximate surface area is 284 Å². The Hall–Kier alpha value is -4.00. The molecule has 0 bridgehead atoms. The van der Waals surface area contributed by atoms with E-state index in [1.165, 1.54) is 18.2 Å². The molecule has 1 atom stereocenters. The number of piperidine rings is 1. The molecule has 4 aromatic rings. The Morgan fingerprint density at radius 1 is 1.12 bits per heavy atom. The van der Waals surface area contributed by atoms with Gasteiger partial charge in [-0.15, -0.1) is 0 Å². The van der Waals surface area contributed by atoms with Gasteiger partial charge in [0.15, 0.2) is 0 Å². The molecule has 254 valence electrons. The van der Waals surface area contributed by atoms with E-state index in [4.69, 9.17) is 16.3 Å². The van der Waals surface area contributed by atoms with Crippen LogP contribution < -0.4 is 10.0 Å². The number of aliphatic hydroxyl groups is 1. The van der Waals surface area contributed by atoms with Crippen LogP contribution in [-0.4, -0.2) is 59.2 Å². The molecule has 0 spiro atoms. The van der Waals surface area contributed by atoms with Crippen molar-refractivity contribution in [2.75, 3.05) is 23.1 Å². The normalized spacial score (nSPS) is 17.0. The molecule has 6 rings (SSSR count). The molecule has 1 fully saturated rings. The maximum absolute atomic E-state index is 15.5. The number of ether oxygens (including phenoxy) is 1. The molecular formula is C35H39ClFN5O5S. The number of halogens is 2. The van der Waals surface area contributed by atoms with E-state index >= 15 is 4.39 Å². The number of fused-ring (bicyclic) bond motifs is 2. The van der Waals surface area contributed by atoms with E-state index in [2.05, 4.69) is 20.0 Å². The lowest BCUT2D eigenvalue weighted by atomic mass is 9.95. The summed E-state index contributed by atoms with van der Waals surface area (Å²) in [6, 6.07) is 11.1. The number of nitrogens with zero attached hydrogens (tertiary/aromatic N) is 3. The van der Waals surface area contributed by atoms with E-state index in [0.29, 0.717) is 71.5 Å². The lowest BCUT2D eigenvalue weighted by molar-refractivity contribution is 0.0210. The van der Waals surface area contributed by atoms with Gasteiger partial charge in [0.2, 0.25) is 5.95 Å². The van der Waals surface area contributed by atoms with E-state index in [1.54, 1.807) is 35.4 Å². The van der Waals surface area contributed by atoms with Gasteiger partial charge in [-0.2, -0.15) is 0 Å². The summed E-state index contributed by atoms with van der Waals surface area (Å²) in [6.45, 7) is 8.51. The molecule has 0 radical (unpaired) electrons. The number of amides is 1. The van der Waals surface area contributed by atoms with Gasteiger partial charge in [0.1, 0.15) is 11.4 Å². The molecule has 1 aliphatic carbocycles. The predicted molar refractivity (Wildman–Crippen MR) is 184 cm³/mol. The third-order valence-corrected chi connectivity index (χ3v) is 10.4. The summed E-state index contributed by atoms with van der Waals surface area (Å²) >= 11 is 6.24. The van der Waals surface area contributed by atoms with Crippen LogP contribution in [-0.2, 0) is 27.6 Å². The first-order chi connectivity index (χ1) is 22.7. The van der Waals surface area contributed by atoms with Crippen molar-refractivity contribution in [3.63, 3.8) is 0 Å². The van der Waals surface area contributed by atoms with E-state index < -0.39 is 27.5 Å². The third-order valence-electron chi connectivity index (χ3n) is 8.73. The number of hydrogen-bond acceptors (Lipinski definition) is 8. The van der Waals surface area contributed by atoms with E-state index in [9.17, 15) is 18.3 Å². The maximum atomic E-state index is 15.5. The number of carbonyl (C=O) groups excluding carboxylic acids is 1. The van der Waals surface area contributed by atoms with Crippen LogP contribution in [0, 0.1) is 5.82 Å². The standard InChI is InChI=1S/C35H39ClFN5O5S/c1-5-24-29(41-48(45,46)31-18-22(36)17-26-25(31)7-11-30(26)43)10-8-27(37)32(24)20-6-9-28-21(16-20)19-38-33(40-28)39-23-12-14-42(15-13-23)34(44)47-35(2,3)4/h6,8-10,16-19,23,30,41,43H,5,7,11-15H2,1-4H3,(H,38,39,40). The second-order valence-electron chi connectivity index (χ2n) is 13.3. The van der Waals surface area contributed by atoms with Crippen molar-refractivity contribution in [3.05, 3.63) is 76.2 Å². The van der Waals surface area contributed by atoms with Crippen LogP contribution in [0.2, 0.25) is 5.02 Å². The van der Waals surface area contributed by atoms with E-state index in [-0.39, 0.29) is 33.3 Å². The molecule has 2 aliphatic rings. The molecule has 0 saturated carbocycles. The molecule has 3 aromatic carbocycles. The highest BCUT2D eigenvalue weighted by Crippen LogP contribution is 2.39. The van der Waals surface area contributed by atoms with Crippen LogP contribution in [0.3, 0.4) is 0 Å². The number of benzene rings is 3. The van der Waals surface area contributed by atoms with E-state index in [1.807, 2.05) is 27.7 Å². The van der Waals surface area contributed by atoms with Gasteiger partial charge in [-0.1, -0.05) is 24.6 Å². The number of likely N-dealkylation sites (tertiary alicyclic amines) is 1. The van der Waals surface area contributed by atoms with Crippen LogP contribution in [0.5, 0.6) is 0 Å². The zero-order valence-electron chi connectivity index (χ0n) is 27.3. The smallest absolute Gasteiger partial charge is 0.410 e. The number of nitrogens with one attached hydrogen (secondary N) is 2. The summed E-state index contributed by atoms with van der Waals surface area (Å²) in [5.74, 6) is -0.0272. The Morgan fingerprint density at radius 3 is 2.58 bits per heavy atom. The van der Waals surface area contributed by atoms with Crippen molar-refractivity contribution in [3.8, 4) is 11.1 Å². The lowest BCUT2D eigenvalue weighted by Crippen LogP contribution is -2.44. The molecule has 48 heavy (non-hydrogen) atoms. The van der Waals surface area contributed by atoms with Gasteiger partial charge in [-0.05, 0) is 112 Å². The van der Waals surface area contributed by atoms with Crippen molar-refractivity contribution in [1.29, 1.82) is 0 Å². The van der Waals surface area contributed by atoms with Crippen molar-refractivity contribution in [2.24, 2.45) is 0 Å². The molecule has 1 saturated heterocycles. The number of anilines is 2. The SMILES string of the molecule is CCc1c(NS(=O)(=O)c2cc(Cl)cc3c2CCC3O)ccc(F)c1-c1ccc2nc(NC3CCN(C(=O)OC(C)(C)C)CC3)ncc2c1. The average Bonchev–Trinajstić information content (AvgIpc) is 3.40. The molecule has 13 heteroatoms. The van der Waals surface area contributed by atoms with Gasteiger partial charge in [-0.25, -0.2) is 27.6 Å². The van der Waals surface area contributed by atoms with Gasteiger partial charge in [-0.3, -0.25) is 4.72 Å². The Morgan fingerprint density at radius 2 is 1.88 bits per heavy atom. The van der Waals surface area contributed by atoms with Crippen LogP contribution in [0.4, 0.5) is 20.8 Å². The summed E-state index contributed by atoms with van der Waals surface area (Å²) in [4.78, 5) is 23.3. The molecule has 1 aromatic heterocycles. The Balaban J connectivity index is 1.22. The number of hydrogen-bond donors (Lipinski definition) is 3. The number of sulfonamides is 1. The first-order valence-electron chi connectivity index (χ1n) is 16.1. The maximum Gasteiger partial charge on any atom is 0.410 e. The minimum absolute atomic E-state index is 0.00957. The van der Waals surface area contributed by atoms with Crippen molar-refractivity contribution in [1.82, 2.24) is 14.9 Å². The van der Waals surface area contributed by atoms with E-state index in [0.717, 1.165) is 12.8 Å². The summed E-state index contributed by atoms with van der Waals surface area (Å²) in [6.07, 6.45) is 3.20. The fourth-order valence-electron chi connectivity index (χ4n) is 6.44. The molecule has 1 amide bonds. The lowest BCUT2D eigenvalue weighted by Gasteiger charge is -2.33. The molecule has 10 nitrogen and oxygen atoms in total. The quantitative estimate of drug-likeness (QED) is 0.184. The molecular weight excluding hydrogens is 657 g/mol. The van der Waals surface area contributed by atoms with Gasteiger partial charge in [0.05, 0.1) is 22.2 Å². The zero-order chi connectivity index (χ0) is 34.4. The monoisotopic (exact) mass is 695 g/mol. The minimum atomic E-state index is -4.12. The fraction of sp³-hybridized carbons (Fsp3) is 0.400. The fourth-order valence-corrected chi connectivity index (χ4v) is 8.15. The molecule has 2 heterocycles. The second-order valence-corrected chi connectivity index (χ2v) is 15.4. The van der Waals surface area contributed by atoms with Crippen LogP contribution in [0.25, 0.3) is 22.0 Å². The van der Waals surface area contributed by atoms with Crippen molar-refractivity contribution >= 4 is 50.3 Å².